The van der Waals surface area contributed by atoms with Crippen LogP contribution in [0.25, 0.3) is 0 Å². The Kier molecular flexibility index (Phi) is 4.33. The van der Waals surface area contributed by atoms with Crippen LogP contribution in [0.4, 0.5) is 0 Å². The van der Waals surface area contributed by atoms with Crippen LogP contribution in [0.15, 0.2) is 0 Å². The number of rotatable bonds is 1. The van der Waals surface area contributed by atoms with E-state index in [2.05, 4.69) is 24.7 Å². The van der Waals surface area contributed by atoms with Crippen molar-refractivity contribution in [3.05, 3.63) is 0 Å². The predicted octanol–water partition coefficient (Wildman–Crippen LogP) is 1.51. The van der Waals surface area contributed by atoms with Crippen molar-refractivity contribution in [3.63, 3.8) is 0 Å². The molecule has 0 rings (SSSR count). The molecule has 0 spiro atoms. The Balaban J connectivity index is 3.59. The predicted molar refractivity (Wildman–Crippen MR) is 43.0 cm³/mol. The molecular weight excluding hydrogens is 219 g/mol. The molecule has 0 unspecified atom stereocenters. The van der Waals surface area contributed by atoms with Crippen LogP contribution in [0.1, 0.15) is 0 Å². The Morgan fingerprint density at radius 1 is 1.33 bits per heavy atom. The Hall–Kier alpha value is 0.319. The van der Waals surface area contributed by atoms with Crippen LogP contribution in [0, 0.1) is 9.86 Å². The maximum atomic E-state index is 4.80. The van der Waals surface area contributed by atoms with Crippen LogP contribution in [0.3, 0.4) is 0 Å². The Morgan fingerprint density at radius 3 is 2.22 bits per heavy atom. The van der Waals surface area contributed by atoms with Crippen LogP contribution in [-0.2, 0) is 4.74 Å². The number of hydrogen-bond donors (Lipinski definition) is 0. The normalized spacial score (nSPS) is 10.2. The molecular formula is C7H14OSn. The zero-order valence-corrected chi connectivity index (χ0v) is 9.47. The van der Waals surface area contributed by atoms with Crippen molar-refractivity contribution in [1.29, 1.82) is 0 Å². The molecule has 52 valence electrons. The summed E-state index contributed by atoms with van der Waals surface area (Å²) in [7, 11) is 1.67. The van der Waals surface area contributed by atoms with Gasteiger partial charge < -0.3 is 0 Å². The van der Waals surface area contributed by atoms with E-state index in [9.17, 15) is 0 Å². The summed E-state index contributed by atoms with van der Waals surface area (Å²) in [4.78, 5) is 6.87. The monoisotopic (exact) mass is 234 g/mol. The third-order valence-electron chi connectivity index (χ3n) is 0.680. The molecule has 1 nitrogen and oxygen atoms in total. The average Bonchev–Trinajstić information content (AvgIpc) is 1.63. The summed E-state index contributed by atoms with van der Waals surface area (Å²) in [6.45, 7) is 0.591. The first-order valence-electron chi connectivity index (χ1n) is 3.05. The summed E-state index contributed by atoms with van der Waals surface area (Å²) in [6.07, 6.45) is 0. The van der Waals surface area contributed by atoms with Gasteiger partial charge in [0.15, 0.2) is 0 Å². The van der Waals surface area contributed by atoms with Gasteiger partial charge in [-0.1, -0.05) is 0 Å². The maximum absolute atomic E-state index is 4.80. The van der Waals surface area contributed by atoms with Crippen LogP contribution >= 0.6 is 0 Å². The van der Waals surface area contributed by atoms with Gasteiger partial charge in [-0.3, -0.25) is 0 Å². The summed E-state index contributed by atoms with van der Waals surface area (Å²) >= 11 is -1.77. The molecule has 0 N–H and O–H groups in total. The van der Waals surface area contributed by atoms with Gasteiger partial charge in [-0.2, -0.15) is 0 Å². The molecule has 0 heterocycles. The number of ether oxygens (including phenoxy) is 1. The molecule has 0 amide bonds. The Labute approximate surface area is 61.7 Å². The van der Waals surface area contributed by atoms with Crippen molar-refractivity contribution in [3.8, 4) is 9.86 Å². The summed E-state index contributed by atoms with van der Waals surface area (Å²) in [5, 5.41) is 0. The fraction of sp³-hybridized carbons (Fsp3) is 0.714. The molecule has 0 aromatic rings. The van der Waals surface area contributed by atoms with Crippen molar-refractivity contribution in [2.45, 2.75) is 14.8 Å². The SMILES string of the molecule is COCC#[C][Sn]([CH3])([CH3])[CH3]. The molecule has 0 saturated carbocycles. The molecule has 0 aliphatic rings. The van der Waals surface area contributed by atoms with E-state index in [4.69, 9.17) is 4.74 Å². The first-order valence-corrected chi connectivity index (χ1v) is 13.0. The van der Waals surface area contributed by atoms with Crippen molar-refractivity contribution >= 4 is 18.4 Å². The first kappa shape index (κ1) is 9.32. The van der Waals surface area contributed by atoms with Gasteiger partial charge in [0.25, 0.3) is 0 Å². The van der Waals surface area contributed by atoms with Crippen molar-refractivity contribution in [1.82, 2.24) is 0 Å². The third kappa shape index (κ3) is 8.32. The standard InChI is InChI=1S/C4H5O.3CH3.Sn/c1-3-4-5-2;;;;/h4H2,2H3;3*1H3;. The first-order chi connectivity index (χ1) is 4.06. The van der Waals surface area contributed by atoms with E-state index in [1.807, 2.05) is 0 Å². The van der Waals surface area contributed by atoms with E-state index >= 15 is 0 Å². The average molecular weight is 233 g/mol. The molecule has 0 aromatic heterocycles. The molecule has 0 radical (unpaired) electrons. The second-order valence-electron chi connectivity index (χ2n) is 2.98. The van der Waals surface area contributed by atoms with Gasteiger partial charge in [0.05, 0.1) is 0 Å². The minimum atomic E-state index is -1.77. The molecule has 2 heteroatoms. The van der Waals surface area contributed by atoms with Gasteiger partial charge in [-0.15, -0.1) is 0 Å². The summed E-state index contributed by atoms with van der Waals surface area (Å²) in [5.41, 5.74) is 0. The molecule has 0 aromatic carbocycles. The van der Waals surface area contributed by atoms with Crippen molar-refractivity contribution in [2.24, 2.45) is 0 Å². The van der Waals surface area contributed by atoms with E-state index in [0.717, 1.165) is 0 Å². The van der Waals surface area contributed by atoms with Crippen LogP contribution in [0.2, 0.25) is 14.8 Å². The van der Waals surface area contributed by atoms with E-state index < -0.39 is 18.4 Å². The Bertz CT molecular complexity index is 124. The second kappa shape index (κ2) is 4.18. The molecule has 0 fully saturated rings. The summed E-state index contributed by atoms with van der Waals surface area (Å²) in [5.74, 6) is 3.00. The third-order valence-corrected chi connectivity index (χ3v) is 3.33. The summed E-state index contributed by atoms with van der Waals surface area (Å²) in [6, 6.07) is 0. The van der Waals surface area contributed by atoms with Crippen LogP contribution < -0.4 is 0 Å². The van der Waals surface area contributed by atoms with E-state index in [1.165, 1.54) is 0 Å². The fourth-order valence-electron chi connectivity index (χ4n) is 0.373. The van der Waals surface area contributed by atoms with Gasteiger partial charge in [0.2, 0.25) is 0 Å². The quantitative estimate of drug-likeness (QED) is 0.492. The molecule has 0 aliphatic heterocycles. The number of methoxy groups -OCH3 is 1. The second-order valence-corrected chi connectivity index (χ2v) is 16.5. The van der Waals surface area contributed by atoms with Crippen molar-refractivity contribution in [2.75, 3.05) is 13.7 Å². The van der Waals surface area contributed by atoms with Crippen LogP contribution in [0.5, 0.6) is 0 Å². The van der Waals surface area contributed by atoms with Gasteiger partial charge >= 0.3 is 61.5 Å². The van der Waals surface area contributed by atoms with Crippen molar-refractivity contribution < 1.29 is 4.74 Å². The zero-order chi connectivity index (χ0) is 7.33. The van der Waals surface area contributed by atoms with E-state index in [0.29, 0.717) is 6.61 Å². The Morgan fingerprint density at radius 2 is 1.89 bits per heavy atom. The molecule has 0 saturated heterocycles. The van der Waals surface area contributed by atoms with E-state index in [-0.39, 0.29) is 0 Å². The number of hydrogen-bond acceptors (Lipinski definition) is 1. The van der Waals surface area contributed by atoms with Gasteiger partial charge in [0.1, 0.15) is 0 Å². The zero-order valence-electron chi connectivity index (χ0n) is 6.62. The molecule has 0 aliphatic carbocycles. The van der Waals surface area contributed by atoms with Gasteiger partial charge in [0, 0.05) is 0 Å². The fourth-order valence-corrected chi connectivity index (χ4v) is 2.09. The van der Waals surface area contributed by atoms with E-state index in [1.54, 1.807) is 7.11 Å². The van der Waals surface area contributed by atoms with Gasteiger partial charge in [-0.25, -0.2) is 0 Å². The molecule has 0 bridgehead atoms. The van der Waals surface area contributed by atoms with Gasteiger partial charge in [-0.05, 0) is 0 Å². The minimum absolute atomic E-state index is 0.591. The summed E-state index contributed by atoms with van der Waals surface area (Å²) < 4.78 is 8.05. The molecule has 9 heavy (non-hydrogen) atoms. The molecule has 0 atom stereocenters. The van der Waals surface area contributed by atoms with Crippen LogP contribution in [-0.4, -0.2) is 32.1 Å². The topological polar surface area (TPSA) is 9.23 Å².